The monoisotopic (exact) mass is 353 g/mol. The highest BCUT2D eigenvalue weighted by Gasteiger charge is 2.32. The first-order valence-electron chi connectivity index (χ1n) is 7.54. The Hall–Kier alpha value is -3.00. The topological polar surface area (TPSA) is 95.8 Å². The van der Waals surface area contributed by atoms with E-state index in [9.17, 15) is 9.59 Å². The molecule has 8 heteroatoms. The van der Waals surface area contributed by atoms with Gasteiger partial charge in [-0.1, -0.05) is 36.0 Å². The molecule has 1 aliphatic heterocycles. The Kier molecular flexibility index (Phi) is 5.53. The minimum absolute atomic E-state index is 0.0662. The fourth-order valence-corrected chi connectivity index (χ4v) is 3.01. The number of amidine groups is 1. The fourth-order valence-electron chi connectivity index (χ4n) is 2.09. The molecular formula is C17H15N5O2S. The summed E-state index contributed by atoms with van der Waals surface area (Å²) in [6.45, 7) is 0. The molecule has 0 bridgehead atoms. The average molecular weight is 353 g/mol. The summed E-state index contributed by atoms with van der Waals surface area (Å²) in [5.41, 5.74) is 1.51. The van der Waals surface area contributed by atoms with Gasteiger partial charge in [-0.2, -0.15) is 5.10 Å². The number of hydrogen-bond donors (Lipinski definition) is 2. The zero-order valence-corrected chi connectivity index (χ0v) is 13.9. The van der Waals surface area contributed by atoms with Crippen molar-refractivity contribution in [3.05, 3.63) is 60.4 Å². The maximum Gasteiger partial charge on any atom is 0.240 e. The zero-order valence-electron chi connectivity index (χ0n) is 13.1. The number of rotatable bonds is 5. The van der Waals surface area contributed by atoms with E-state index in [0.717, 1.165) is 5.56 Å². The lowest BCUT2D eigenvalue weighted by Gasteiger charge is -2.06. The van der Waals surface area contributed by atoms with E-state index >= 15 is 0 Å². The highest BCUT2D eigenvalue weighted by molar-refractivity contribution is 8.15. The molecule has 25 heavy (non-hydrogen) atoms. The van der Waals surface area contributed by atoms with Crippen LogP contribution in [-0.2, 0) is 9.59 Å². The van der Waals surface area contributed by atoms with E-state index in [1.54, 1.807) is 36.8 Å². The molecule has 3 rings (SSSR count). The lowest BCUT2D eigenvalue weighted by atomic mass is 10.2. The second kappa shape index (κ2) is 8.20. The van der Waals surface area contributed by atoms with Crippen molar-refractivity contribution in [2.75, 3.05) is 5.32 Å². The van der Waals surface area contributed by atoms with E-state index in [0.29, 0.717) is 10.9 Å². The minimum atomic E-state index is -0.518. The highest BCUT2D eigenvalue weighted by atomic mass is 32.2. The largest absolute Gasteiger partial charge is 0.326 e. The summed E-state index contributed by atoms with van der Waals surface area (Å²) in [5, 5.41) is 13.1. The molecule has 1 fully saturated rings. The average Bonchev–Trinajstić information content (AvgIpc) is 2.96. The predicted molar refractivity (Wildman–Crippen MR) is 98.5 cm³/mol. The quantitative estimate of drug-likeness (QED) is 0.635. The summed E-state index contributed by atoms with van der Waals surface area (Å²) in [7, 11) is 0. The van der Waals surface area contributed by atoms with Crippen LogP contribution in [-0.4, -0.2) is 33.4 Å². The summed E-state index contributed by atoms with van der Waals surface area (Å²) in [6.07, 6.45) is 4.93. The summed E-state index contributed by atoms with van der Waals surface area (Å²) in [5.74, 6) is -0.470. The number of para-hydroxylation sites is 1. The van der Waals surface area contributed by atoms with Crippen LogP contribution >= 0.6 is 11.8 Å². The van der Waals surface area contributed by atoms with Crippen LogP contribution in [0.1, 0.15) is 12.0 Å². The van der Waals surface area contributed by atoms with Crippen molar-refractivity contribution in [3.8, 4) is 0 Å². The fraction of sp³-hybridized carbons (Fsp3) is 0.118. The van der Waals surface area contributed by atoms with Crippen LogP contribution in [0.15, 0.2) is 65.1 Å². The van der Waals surface area contributed by atoms with Gasteiger partial charge in [-0.3, -0.25) is 14.6 Å². The van der Waals surface area contributed by atoms with E-state index in [2.05, 4.69) is 25.8 Å². The second-order valence-electron chi connectivity index (χ2n) is 5.15. The normalized spacial score (nSPS) is 18.5. The van der Waals surface area contributed by atoms with Gasteiger partial charge in [0.1, 0.15) is 5.25 Å². The van der Waals surface area contributed by atoms with Crippen molar-refractivity contribution in [2.45, 2.75) is 11.7 Å². The van der Waals surface area contributed by atoms with Crippen LogP contribution < -0.4 is 10.6 Å². The number of nitrogens with zero attached hydrogens (tertiary/aromatic N) is 3. The second-order valence-corrected chi connectivity index (χ2v) is 6.34. The molecular weight excluding hydrogens is 338 g/mol. The lowest BCUT2D eigenvalue weighted by molar-refractivity contribution is -0.122. The summed E-state index contributed by atoms with van der Waals surface area (Å²) < 4.78 is 0. The van der Waals surface area contributed by atoms with E-state index in [1.807, 2.05) is 24.3 Å². The number of carbonyl (C=O) groups is 2. The van der Waals surface area contributed by atoms with Crippen molar-refractivity contribution in [3.63, 3.8) is 0 Å². The molecule has 0 radical (unpaired) electrons. The molecule has 2 N–H and O–H groups in total. The Balaban J connectivity index is 1.54. The maximum absolute atomic E-state index is 12.0. The van der Waals surface area contributed by atoms with E-state index in [4.69, 9.17) is 0 Å². The third-order valence-corrected chi connectivity index (χ3v) is 4.32. The molecule has 0 saturated carbocycles. The third-order valence-electron chi connectivity index (χ3n) is 3.24. The summed E-state index contributed by atoms with van der Waals surface area (Å²) in [4.78, 5) is 28.0. The van der Waals surface area contributed by atoms with Crippen LogP contribution in [0.2, 0.25) is 0 Å². The number of thioether (sulfide) groups is 1. The maximum atomic E-state index is 12.0. The van der Waals surface area contributed by atoms with Crippen LogP contribution in [0.25, 0.3) is 0 Å². The molecule has 1 aliphatic rings. The first kappa shape index (κ1) is 16.8. The number of anilines is 1. The summed E-state index contributed by atoms with van der Waals surface area (Å²) >= 11 is 1.19. The van der Waals surface area contributed by atoms with Crippen LogP contribution in [0.3, 0.4) is 0 Å². The molecule has 2 amide bonds. The van der Waals surface area contributed by atoms with Crippen LogP contribution in [0.4, 0.5) is 5.69 Å². The van der Waals surface area contributed by atoms with Gasteiger partial charge in [0.15, 0.2) is 5.17 Å². The van der Waals surface area contributed by atoms with Gasteiger partial charge in [-0.25, -0.2) is 0 Å². The molecule has 2 aromatic rings. The van der Waals surface area contributed by atoms with Gasteiger partial charge in [-0.15, -0.1) is 5.10 Å². The zero-order chi connectivity index (χ0) is 17.5. The Morgan fingerprint density at radius 1 is 1.28 bits per heavy atom. The summed E-state index contributed by atoms with van der Waals surface area (Å²) in [6, 6.07) is 12.7. The van der Waals surface area contributed by atoms with Gasteiger partial charge in [0.25, 0.3) is 0 Å². The van der Waals surface area contributed by atoms with E-state index in [1.165, 1.54) is 11.8 Å². The first-order valence-corrected chi connectivity index (χ1v) is 8.42. The van der Waals surface area contributed by atoms with Crippen molar-refractivity contribution >= 4 is 40.6 Å². The molecule has 0 unspecified atom stereocenters. The molecule has 1 aromatic carbocycles. The number of pyridine rings is 1. The van der Waals surface area contributed by atoms with Crippen molar-refractivity contribution < 1.29 is 9.59 Å². The van der Waals surface area contributed by atoms with Crippen LogP contribution in [0, 0.1) is 0 Å². The van der Waals surface area contributed by atoms with Gasteiger partial charge < -0.3 is 10.6 Å². The number of nitrogens with one attached hydrogen (secondary N) is 2. The van der Waals surface area contributed by atoms with Crippen molar-refractivity contribution in [1.82, 2.24) is 10.3 Å². The molecule has 1 atom stereocenters. The van der Waals surface area contributed by atoms with Gasteiger partial charge >= 0.3 is 0 Å². The van der Waals surface area contributed by atoms with E-state index in [-0.39, 0.29) is 18.2 Å². The Morgan fingerprint density at radius 3 is 2.88 bits per heavy atom. The Labute approximate surface area is 148 Å². The molecule has 1 saturated heterocycles. The predicted octanol–water partition coefficient (Wildman–Crippen LogP) is 2.03. The molecule has 126 valence electrons. The van der Waals surface area contributed by atoms with Crippen molar-refractivity contribution in [1.29, 1.82) is 0 Å². The molecule has 0 spiro atoms. The highest BCUT2D eigenvalue weighted by Crippen LogP contribution is 2.23. The molecule has 7 nitrogen and oxygen atoms in total. The van der Waals surface area contributed by atoms with Gasteiger partial charge in [0.05, 0.1) is 6.21 Å². The number of aromatic nitrogens is 1. The first-order chi connectivity index (χ1) is 12.2. The number of carbonyl (C=O) groups excluding carboxylic acids is 2. The number of amides is 2. The van der Waals surface area contributed by atoms with Crippen LogP contribution in [0.5, 0.6) is 0 Å². The standard InChI is InChI=1S/C17H15N5O2S/c23-15(20-13-6-2-1-3-7-13)9-14-16(24)21-17(25-14)22-19-11-12-5-4-8-18-10-12/h1-8,10-11,14H,9H2,(H,20,23)(H,21,22,24)/b19-11-/t14-/m0/s1. The SMILES string of the molecule is O=C(C[C@@H]1S/C(=N\N=C/c2cccnc2)NC1=O)Nc1ccccc1. The number of hydrogen-bond acceptors (Lipinski definition) is 6. The molecule has 1 aromatic heterocycles. The third kappa shape index (κ3) is 4.98. The van der Waals surface area contributed by atoms with Gasteiger partial charge in [-0.05, 0) is 18.2 Å². The van der Waals surface area contributed by atoms with Crippen molar-refractivity contribution in [2.24, 2.45) is 10.2 Å². The van der Waals surface area contributed by atoms with E-state index < -0.39 is 5.25 Å². The molecule has 0 aliphatic carbocycles. The minimum Gasteiger partial charge on any atom is -0.326 e. The smallest absolute Gasteiger partial charge is 0.240 e. The van der Waals surface area contributed by atoms with Gasteiger partial charge in [0, 0.05) is 30.1 Å². The number of benzene rings is 1. The Bertz CT molecular complexity index is 808. The van der Waals surface area contributed by atoms with Gasteiger partial charge in [0.2, 0.25) is 11.8 Å². The molecule has 2 heterocycles. The lowest BCUT2D eigenvalue weighted by Crippen LogP contribution is -2.28. The Morgan fingerprint density at radius 2 is 2.12 bits per heavy atom.